The fourth-order valence-corrected chi connectivity index (χ4v) is 4.99. The van der Waals surface area contributed by atoms with Crippen LogP contribution in [0.15, 0.2) is 83.9 Å². The van der Waals surface area contributed by atoms with Gasteiger partial charge in [0.25, 0.3) is 11.1 Å². The summed E-state index contributed by atoms with van der Waals surface area (Å²) >= 11 is 6.67. The summed E-state index contributed by atoms with van der Waals surface area (Å²) < 4.78 is 21.4. The van der Waals surface area contributed by atoms with Crippen molar-refractivity contribution in [3.8, 4) is 5.75 Å². The third-order valence-electron chi connectivity index (χ3n) is 5.87. The van der Waals surface area contributed by atoms with Crippen LogP contribution in [0, 0.1) is 5.82 Å². The van der Waals surface area contributed by atoms with E-state index >= 15 is 0 Å². The molecule has 0 unspecified atom stereocenters. The molecular formula is C28H20ClFN2O4S. The van der Waals surface area contributed by atoms with E-state index in [-0.39, 0.29) is 29.6 Å². The van der Waals surface area contributed by atoms with Gasteiger partial charge in [-0.25, -0.2) is 4.39 Å². The van der Waals surface area contributed by atoms with Crippen molar-refractivity contribution in [2.24, 2.45) is 0 Å². The molecular weight excluding hydrogens is 515 g/mol. The number of thioether (sulfide) groups is 1. The number of carbonyl (C=O) groups excluding carboxylic acids is 3. The normalized spacial score (nSPS) is 14.6. The van der Waals surface area contributed by atoms with E-state index in [4.69, 9.17) is 16.3 Å². The van der Waals surface area contributed by atoms with E-state index in [0.717, 1.165) is 33.1 Å². The first-order valence-corrected chi connectivity index (χ1v) is 12.6. The van der Waals surface area contributed by atoms with Crippen molar-refractivity contribution in [1.29, 1.82) is 0 Å². The van der Waals surface area contributed by atoms with Gasteiger partial charge in [0, 0.05) is 33.2 Å². The number of imide groups is 1. The maximum absolute atomic E-state index is 13.9. The fourth-order valence-electron chi connectivity index (χ4n) is 4.04. The van der Waals surface area contributed by atoms with Crippen LogP contribution in [-0.2, 0) is 11.3 Å². The summed E-state index contributed by atoms with van der Waals surface area (Å²) in [7, 11) is 0. The number of ether oxygens (including phenoxy) is 1. The van der Waals surface area contributed by atoms with Gasteiger partial charge < -0.3 is 9.30 Å². The van der Waals surface area contributed by atoms with Crippen LogP contribution in [0.4, 0.5) is 9.18 Å². The Morgan fingerprint density at radius 1 is 1.00 bits per heavy atom. The van der Waals surface area contributed by atoms with Crippen LogP contribution in [0.5, 0.6) is 5.75 Å². The molecule has 1 saturated heterocycles. The summed E-state index contributed by atoms with van der Waals surface area (Å²) in [6.45, 7) is 0.334. The zero-order valence-corrected chi connectivity index (χ0v) is 21.0. The van der Waals surface area contributed by atoms with Gasteiger partial charge in [0.2, 0.25) is 0 Å². The van der Waals surface area contributed by atoms with Crippen LogP contribution < -0.4 is 4.74 Å². The minimum atomic E-state index is -0.517. The number of benzene rings is 3. The second kappa shape index (κ2) is 10.6. The van der Waals surface area contributed by atoms with Crippen molar-refractivity contribution >= 4 is 57.3 Å². The molecule has 3 aromatic carbocycles. The highest BCUT2D eigenvalue weighted by molar-refractivity contribution is 8.18. The Bertz CT molecular complexity index is 1550. The van der Waals surface area contributed by atoms with Crippen molar-refractivity contribution in [1.82, 2.24) is 9.47 Å². The third-order valence-corrected chi connectivity index (χ3v) is 7.03. The van der Waals surface area contributed by atoms with E-state index in [1.165, 1.54) is 6.07 Å². The minimum Gasteiger partial charge on any atom is -0.489 e. The number of aromatic nitrogens is 1. The molecule has 0 spiro atoms. The van der Waals surface area contributed by atoms with Crippen LogP contribution in [-0.4, -0.2) is 39.5 Å². The molecule has 2 amide bonds. The van der Waals surface area contributed by atoms with E-state index in [1.807, 2.05) is 35.0 Å². The molecule has 9 heteroatoms. The van der Waals surface area contributed by atoms with Crippen LogP contribution in [0.3, 0.4) is 0 Å². The highest BCUT2D eigenvalue weighted by Gasteiger charge is 2.36. The molecule has 6 nitrogen and oxygen atoms in total. The second-order valence-corrected chi connectivity index (χ2v) is 9.70. The van der Waals surface area contributed by atoms with Gasteiger partial charge in [0.1, 0.15) is 6.61 Å². The predicted octanol–water partition coefficient (Wildman–Crippen LogP) is 6.43. The third kappa shape index (κ3) is 5.30. The summed E-state index contributed by atoms with van der Waals surface area (Å²) in [5.41, 5.74) is 2.02. The molecule has 0 bridgehead atoms. The van der Waals surface area contributed by atoms with Crippen LogP contribution in [0.2, 0.25) is 5.02 Å². The molecule has 0 aliphatic carbocycles. The number of para-hydroxylation sites is 2. The topological polar surface area (TPSA) is 68.6 Å². The highest BCUT2D eigenvalue weighted by Crippen LogP contribution is 2.34. The Kier molecular flexibility index (Phi) is 7.12. The maximum atomic E-state index is 13.9. The lowest BCUT2D eigenvalue weighted by Gasteiger charge is -2.11. The molecule has 0 saturated carbocycles. The van der Waals surface area contributed by atoms with Crippen molar-refractivity contribution in [3.05, 3.63) is 106 Å². The smallest absolute Gasteiger partial charge is 0.293 e. The number of hydrogen-bond acceptors (Lipinski definition) is 5. The summed E-state index contributed by atoms with van der Waals surface area (Å²) in [4.78, 5) is 39.4. The Labute approximate surface area is 221 Å². The first-order valence-electron chi connectivity index (χ1n) is 11.4. The molecule has 5 rings (SSSR count). The number of rotatable bonds is 8. The number of Topliss-reactive ketones (excluding diaryl/α,β-unsaturated/α-hetero) is 1. The molecule has 186 valence electrons. The Hall–Kier alpha value is -3.88. The van der Waals surface area contributed by atoms with Gasteiger partial charge in [-0.15, -0.1) is 0 Å². The number of amides is 2. The van der Waals surface area contributed by atoms with Gasteiger partial charge in [-0.3, -0.25) is 19.3 Å². The molecule has 4 aromatic rings. The van der Waals surface area contributed by atoms with E-state index in [9.17, 15) is 18.8 Å². The number of halogens is 2. The largest absolute Gasteiger partial charge is 0.489 e. The first kappa shape index (κ1) is 24.8. The van der Waals surface area contributed by atoms with Gasteiger partial charge in [-0.05, 0) is 60.3 Å². The zero-order chi connectivity index (χ0) is 25.9. The molecule has 1 aliphatic heterocycles. The number of nitrogens with zero attached hydrogens (tertiary/aromatic N) is 2. The highest BCUT2D eigenvalue weighted by atomic mass is 35.5. The molecule has 1 aromatic heterocycles. The Balaban J connectivity index is 1.34. The number of hydrogen-bond donors (Lipinski definition) is 0. The molecule has 37 heavy (non-hydrogen) atoms. The molecule has 1 aliphatic rings. The second-order valence-electron chi connectivity index (χ2n) is 8.27. The average Bonchev–Trinajstić information content (AvgIpc) is 3.37. The fraction of sp³-hybridized carbons (Fsp3) is 0.107. The number of ketones is 1. The molecule has 2 heterocycles. The van der Waals surface area contributed by atoms with Crippen molar-refractivity contribution in [3.63, 3.8) is 0 Å². The zero-order valence-electron chi connectivity index (χ0n) is 19.4. The quantitative estimate of drug-likeness (QED) is 0.192. The Morgan fingerprint density at radius 3 is 2.51 bits per heavy atom. The average molecular weight is 535 g/mol. The summed E-state index contributed by atoms with van der Waals surface area (Å²) in [6, 6.07) is 20.1. The number of carbonyl (C=O) groups is 3. The standard InChI is InChI=1S/C28H20ClFN2O4S/c29-20-11-9-18(10-12-20)24(33)17-32-27(34)26(37-28(32)35)15-19-16-31(23-7-3-1-5-21(19)23)13-14-36-25-8-4-2-6-22(25)30/h1-12,15-16H,13-14,17H2/b26-15-. The number of fused-ring (bicyclic) bond motifs is 1. The lowest BCUT2D eigenvalue weighted by molar-refractivity contribution is -0.122. The van der Waals surface area contributed by atoms with E-state index in [0.29, 0.717) is 17.1 Å². The Morgan fingerprint density at radius 2 is 1.73 bits per heavy atom. The predicted molar refractivity (Wildman–Crippen MR) is 142 cm³/mol. The van der Waals surface area contributed by atoms with Crippen LogP contribution in [0.25, 0.3) is 17.0 Å². The van der Waals surface area contributed by atoms with E-state index in [2.05, 4.69) is 0 Å². The van der Waals surface area contributed by atoms with Gasteiger partial charge in [0.15, 0.2) is 17.3 Å². The van der Waals surface area contributed by atoms with Crippen molar-refractivity contribution in [2.45, 2.75) is 6.54 Å². The minimum absolute atomic E-state index is 0.181. The molecule has 0 radical (unpaired) electrons. The van der Waals surface area contributed by atoms with Gasteiger partial charge in [-0.1, -0.05) is 41.9 Å². The lowest BCUT2D eigenvalue weighted by Crippen LogP contribution is -2.33. The van der Waals surface area contributed by atoms with Crippen LogP contribution in [0.1, 0.15) is 15.9 Å². The van der Waals surface area contributed by atoms with Crippen LogP contribution >= 0.6 is 23.4 Å². The summed E-state index contributed by atoms with van der Waals surface area (Å²) in [6.07, 6.45) is 3.52. The molecule has 0 atom stereocenters. The van der Waals surface area contributed by atoms with Gasteiger partial charge in [0.05, 0.1) is 18.0 Å². The maximum Gasteiger partial charge on any atom is 0.293 e. The molecule has 0 N–H and O–H groups in total. The summed E-state index contributed by atoms with van der Waals surface area (Å²) in [5, 5.41) is 0.877. The summed E-state index contributed by atoms with van der Waals surface area (Å²) in [5.74, 6) is -1.12. The molecule has 1 fully saturated rings. The first-order chi connectivity index (χ1) is 17.9. The van der Waals surface area contributed by atoms with Crippen molar-refractivity contribution < 1.29 is 23.5 Å². The van der Waals surface area contributed by atoms with Gasteiger partial charge in [-0.2, -0.15) is 0 Å². The monoisotopic (exact) mass is 534 g/mol. The van der Waals surface area contributed by atoms with Gasteiger partial charge >= 0.3 is 0 Å². The van der Waals surface area contributed by atoms with Crippen molar-refractivity contribution in [2.75, 3.05) is 13.2 Å². The van der Waals surface area contributed by atoms with E-state index in [1.54, 1.807) is 48.5 Å². The lowest BCUT2D eigenvalue weighted by atomic mass is 10.1. The SMILES string of the molecule is O=C(CN1C(=O)S/C(=C\c2cn(CCOc3ccccc3F)c3ccccc23)C1=O)c1ccc(Cl)cc1. The van der Waals surface area contributed by atoms with E-state index < -0.39 is 17.0 Å².